The second kappa shape index (κ2) is 10.4. The van der Waals surface area contributed by atoms with E-state index in [9.17, 15) is 14.4 Å². The second-order valence-corrected chi connectivity index (χ2v) is 7.46. The molecule has 1 heterocycles. The predicted molar refractivity (Wildman–Crippen MR) is 114 cm³/mol. The molecule has 3 rings (SSSR count). The van der Waals surface area contributed by atoms with Gasteiger partial charge in [-0.2, -0.15) is 0 Å². The Bertz CT molecular complexity index is 860. The van der Waals surface area contributed by atoms with Gasteiger partial charge in [0, 0.05) is 25.3 Å². The second-order valence-electron chi connectivity index (χ2n) is 7.46. The molecule has 0 saturated carbocycles. The summed E-state index contributed by atoms with van der Waals surface area (Å²) in [4.78, 5) is 38.1. The molecule has 3 amide bonds. The summed E-state index contributed by atoms with van der Waals surface area (Å²) in [5, 5.41) is 5.28. The van der Waals surface area contributed by atoms with Gasteiger partial charge < -0.3 is 20.3 Å². The highest BCUT2D eigenvalue weighted by Gasteiger charge is 2.24. The first-order valence-electron chi connectivity index (χ1n) is 10.1. The van der Waals surface area contributed by atoms with E-state index in [2.05, 4.69) is 10.6 Å². The van der Waals surface area contributed by atoms with Crippen LogP contribution in [-0.4, -0.2) is 48.9 Å². The lowest BCUT2D eigenvalue weighted by molar-refractivity contribution is -0.136. The van der Waals surface area contributed by atoms with Crippen molar-refractivity contribution in [1.82, 2.24) is 10.2 Å². The van der Waals surface area contributed by atoms with Crippen molar-refractivity contribution in [2.45, 2.75) is 19.8 Å². The fraction of sp³-hybridized carbons (Fsp3) is 0.348. The number of aryl methyl sites for hydroxylation is 1. The van der Waals surface area contributed by atoms with Crippen molar-refractivity contribution in [3.63, 3.8) is 0 Å². The first kappa shape index (κ1) is 21.4. The maximum Gasteiger partial charge on any atom is 0.313 e. The highest BCUT2D eigenvalue weighted by molar-refractivity contribution is 6.39. The molecule has 158 valence electrons. The summed E-state index contributed by atoms with van der Waals surface area (Å²) in [6.45, 7) is 3.63. The minimum atomic E-state index is -0.676. The van der Waals surface area contributed by atoms with Crippen LogP contribution in [0.4, 0.5) is 5.69 Å². The number of carbonyl (C=O) groups is 3. The molecule has 1 aliphatic rings. The van der Waals surface area contributed by atoms with Crippen LogP contribution >= 0.6 is 0 Å². The maximum atomic E-state index is 12.3. The first-order valence-corrected chi connectivity index (χ1v) is 10.1. The third kappa shape index (κ3) is 6.34. The van der Waals surface area contributed by atoms with Crippen molar-refractivity contribution in [3.05, 3.63) is 60.2 Å². The van der Waals surface area contributed by atoms with Crippen LogP contribution in [0.25, 0.3) is 0 Å². The quantitative estimate of drug-likeness (QED) is 0.717. The van der Waals surface area contributed by atoms with Gasteiger partial charge >= 0.3 is 11.8 Å². The molecule has 0 unspecified atom stereocenters. The van der Waals surface area contributed by atoms with Gasteiger partial charge in [0.1, 0.15) is 5.75 Å². The molecule has 7 heteroatoms. The number of benzene rings is 2. The monoisotopic (exact) mass is 409 g/mol. The molecule has 0 spiro atoms. The lowest BCUT2D eigenvalue weighted by Crippen LogP contribution is -2.44. The van der Waals surface area contributed by atoms with Gasteiger partial charge in [-0.05, 0) is 49.9 Å². The number of likely N-dealkylation sites (tertiary alicyclic amines) is 1. The Kier molecular flexibility index (Phi) is 7.43. The number of hydrogen-bond acceptors (Lipinski definition) is 4. The molecule has 2 aromatic carbocycles. The molecule has 2 aromatic rings. The zero-order chi connectivity index (χ0) is 21.3. The fourth-order valence-corrected chi connectivity index (χ4v) is 3.28. The Morgan fingerprint density at radius 2 is 1.63 bits per heavy atom. The van der Waals surface area contributed by atoms with E-state index >= 15 is 0 Å². The van der Waals surface area contributed by atoms with Gasteiger partial charge in [0.2, 0.25) is 0 Å². The summed E-state index contributed by atoms with van der Waals surface area (Å²) in [6.07, 6.45) is 1.55. The van der Waals surface area contributed by atoms with E-state index in [0.717, 1.165) is 18.4 Å². The lowest BCUT2D eigenvalue weighted by Gasteiger charge is -2.32. The lowest BCUT2D eigenvalue weighted by atomic mass is 9.96. The van der Waals surface area contributed by atoms with Gasteiger partial charge in [0.05, 0.1) is 0 Å². The highest BCUT2D eigenvalue weighted by atomic mass is 16.5. The zero-order valence-electron chi connectivity index (χ0n) is 17.1. The summed E-state index contributed by atoms with van der Waals surface area (Å²) in [5.41, 5.74) is 1.67. The summed E-state index contributed by atoms with van der Waals surface area (Å²) in [6, 6.07) is 16.5. The van der Waals surface area contributed by atoms with Gasteiger partial charge in [-0.15, -0.1) is 0 Å². The minimum absolute atomic E-state index is 0.0185. The molecule has 1 saturated heterocycles. The number of carbonyl (C=O) groups excluding carboxylic acids is 3. The average Bonchev–Trinajstić information content (AvgIpc) is 2.78. The normalized spacial score (nSPS) is 14.1. The third-order valence-corrected chi connectivity index (χ3v) is 5.14. The molecule has 1 fully saturated rings. The van der Waals surface area contributed by atoms with E-state index in [4.69, 9.17) is 4.74 Å². The van der Waals surface area contributed by atoms with E-state index in [1.165, 1.54) is 0 Å². The third-order valence-electron chi connectivity index (χ3n) is 5.14. The van der Waals surface area contributed by atoms with Gasteiger partial charge in [-0.3, -0.25) is 14.4 Å². The van der Waals surface area contributed by atoms with Crippen molar-refractivity contribution in [3.8, 4) is 5.75 Å². The Morgan fingerprint density at radius 3 is 2.30 bits per heavy atom. The van der Waals surface area contributed by atoms with E-state index in [1.54, 1.807) is 17.0 Å². The van der Waals surface area contributed by atoms with Crippen LogP contribution < -0.4 is 15.4 Å². The van der Waals surface area contributed by atoms with Crippen molar-refractivity contribution in [2.24, 2.45) is 5.92 Å². The number of para-hydroxylation sites is 1. The Morgan fingerprint density at radius 1 is 0.967 bits per heavy atom. The standard InChI is InChI=1S/C23H27N3O4/c1-17-7-9-19(10-8-17)25-23(29)22(28)24-15-18-11-13-26(14-12-18)21(27)16-30-20-5-3-2-4-6-20/h2-10,18H,11-16H2,1H3,(H,24,28)(H,25,29). The molecule has 0 aromatic heterocycles. The predicted octanol–water partition coefficient (Wildman–Crippen LogP) is 2.37. The first-order chi connectivity index (χ1) is 14.5. The number of piperidine rings is 1. The molecule has 0 radical (unpaired) electrons. The SMILES string of the molecule is Cc1ccc(NC(=O)C(=O)NCC2CCN(C(=O)COc3ccccc3)CC2)cc1. The molecular weight excluding hydrogens is 382 g/mol. The Hall–Kier alpha value is -3.35. The van der Waals surface area contributed by atoms with E-state index in [1.807, 2.05) is 49.4 Å². The van der Waals surface area contributed by atoms with E-state index in [0.29, 0.717) is 31.1 Å². The molecule has 2 N–H and O–H groups in total. The van der Waals surface area contributed by atoms with Crippen molar-refractivity contribution in [1.29, 1.82) is 0 Å². The minimum Gasteiger partial charge on any atom is -0.484 e. The number of ether oxygens (including phenoxy) is 1. The molecule has 1 aliphatic heterocycles. The van der Waals surface area contributed by atoms with Gasteiger partial charge in [0.15, 0.2) is 6.61 Å². The Balaban J connectivity index is 1.35. The van der Waals surface area contributed by atoms with Crippen molar-refractivity contribution < 1.29 is 19.1 Å². The Labute approximate surface area is 176 Å². The molecule has 7 nitrogen and oxygen atoms in total. The molecular formula is C23H27N3O4. The number of amides is 3. The van der Waals surface area contributed by atoms with Crippen LogP contribution in [0.15, 0.2) is 54.6 Å². The number of nitrogens with zero attached hydrogens (tertiary/aromatic N) is 1. The molecule has 0 atom stereocenters. The number of rotatable bonds is 6. The highest BCUT2D eigenvalue weighted by Crippen LogP contribution is 2.17. The number of hydrogen-bond donors (Lipinski definition) is 2. The molecule has 0 aliphatic carbocycles. The average molecular weight is 409 g/mol. The topological polar surface area (TPSA) is 87.7 Å². The van der Waals surface area contributed by atoms with Crippen LogP contribution in [0.3, 0.4) is 0 Å². The summed E-state index contributed by atoms with van der Waals surface area (Å²) in [5.74, 6) is -0.457. The van der Waals surface area contributed by atoms with Gasteiger partial charge in [-0.25, -0.2) is 0 Å². The van der Waals surface area contributed by atoms with Crippen LogP contribution in [0.2, 0.25) is 0 Å². The molecule has 0 bridgehead atoms. The van der Waals surface area contributed by atoms with Crippen molar-refractivity contribution in [2.75, 3.05) is 31.6 Å². The summed E-state index contributed by atoms with van der Waals surface area (Å²) < 4.78 is 5.52. The van der Waals surface area contributed by atoms with Crippen LogP contribution in [0.1, 0.15) is 18.4 Å². The van der Waals surface area contributed by atoms with E-state index in [-0.39, 0.29) is 18.4 Å². The zero-order valence-corrected chi connectivity index (χ0v) is 17.1. The summed E-state index contributed by atoms with van der Waals surface area (Å²) in [7, 11) is 0. The van der Waals surface area contributed by atoms with Crippen LogP contribution in [0.5, 0.6) is 5.75 Å². The summed E-state index contributed by atoms with van der Waals surface area (Å²) >= 11 is 0. The smallest absolute Gasteiger partial charge is 0.313 e. The number of anilines is 1. The van der Waals surface area contributed by atoms with E-state index < -0.39 is 11.8 Å². The maximum absolute atomic E-state index is 12.3. The van der Waals surface area contributed by atoms with Crippen LogP contribution in [0, 0.1) is 12.8 Å². The van der Waals surface area contributed by atoms with Crippen molar-refractivity contribution >= 4 is 23.4 Å². The number of nitrogens with one attached hydrogen (secondary N) is 2. The largest absolute Gasteiger partial charge is 0.484 e. The van der Waals surface area contributed by atoms with Crippen LogP contribution in [-0.2, 0) is 14.4 Å². The fourth-order valence-electron chi connectivity index (χ4n) is 3.28. The van der Waals surface area contributed by atoms with Gasteiger partial charge in [0.25, 0.3) is 5.91 Å². The van der Waals surface area contributed by atoms with Gasteiger partial charge in [-0.1, -0.05) is 35.9 Å². The molecule has 30 heavy (non-hydrogen) atoms.